The molecule has 0 aliphatic rings. The summed E-state index contributed by atoms with van der Waals surface area (Å²) in [5.41, 5.74) is 5.00. The van der Waals surface area contributed by atoms with Gasteiger partial charge in [0.15, 0.2) is 0 Å². The Bertz CT molecular complexity index is 300. The van der Waals surface area contributed by atoms with Gasteiger partial charge in [-0.15, -0.1) is 0 Å². The van der Waals surface area contributed by atoms with Gasteiger partial charge >= 0.3 is 0 Å². The van der Waals surface area contributed by atoms with E-state index in [9.17, 15) is 5.11 Å². The predicted molar refractivity (Wildman–Crippen MR) is 55.9 cm³/mol. The smallest absolute Gasteiger partial charge is 0.0684 e. The maximum absolute atomic E-state index is 9.18. The zero-order valence-electron chi connectivity index (χ0n) is 8.89. The Morgan fingerprint density at radius 3 is 2.31 bits per heavy atom. The maximum Gasteiger partial charge on any atom is 0.0684 e. The van der Waals surface area contributed by atoms with Gasteiger partial charge in [-0.25, -0.2) is 0 Å². The quantitative estimate of drug-likeness (QED) is 0.738. The largest absolute Gasteiger partial charge is 0.392 e. The number of aliphatic hydroxyl groups excluding tert-OH is 1. The fourth-order valence-electron chi connectivity index (χ4n) is 1.84. The van der Waals surface area contributed by atoms with Gasteiger partial charge in [-0.2, -0.15) is 0 Å². The highest BCUT2D eigenvalue weighted by Gasteiger charge is 2.10. The van der Waals surface area contributed by atoms with E-state index in [1.54, 1.807) is 0 Å². The highest BCUT2D eigenvalue weighted by molar-refractivity contribution is 5.41. The van der Waals surface area contributed by atoms with Gasteiger partial charge < -0.3 is 5.11 Å². The molecule has 1 aromatic rings. The molecular weight excluding hydrogens is 160 g/mol. The fourth-order valence-corrected chi connectivity index (χ4v) is 1.84. The van der Waals surface area contributed by atoms with Crippen LogP contribution in [0, 0.1) is 13.8 Å². The van der Waals surface area contributed by atoms with E-state index < -0.39 is 0 Å². The van der Waals surface area contributed by atoms with Gasteiger partial charge in [0.05, 0.1) is 6.61 Å². The first-order valence-corrected chi connectivity index (χ1v) is 4.77. The normalized spacial score (nSPS) is 10.9. The van der Waals surface area contributed by atoms with E-state index in [1.165, 1.54) is 16.7 Å². The summed E-state index contributed by atoms with van der Waals surface area (Å²) in [6, 6.07) is 4.10. The van der Waals surface area contributed by atoms with Crippen LogP contribution in [0.4, 0.5) is 0 Å². The summed E-state index contributed by atoms with van der Waals surface area (Å²) >= 11 is 0. The van der Waals surface area contributed by atoms with Crippen LogP contribution in [0.15, 0.2) is 12.1 Å². The van der Waals surface area contributed by atoms with Crippen molar-refractivity contribution in [3.05, 3.63) is 34.4 Å². The van der Waals surface area contributed by atoms with Gasteiger partial charge in [-0.05, 0) is 42.0 Å². The van der Waals surface area contributed by atoms with Crippen molar-refractivity contribution < 1.29 is 5.11 Å². The molecule has 0 unspecified atom stereocenters. The minimum absolute atomic E-state index is 0.147. The van der Waals surface area contributed by atoms with Crippen molar-refractivity contribution in [3.8, 4) is 0 Å². The summed E-state index contributed by atoms with van der Waals surface area (Å²) in [6.45, 7) is 8.72. The van der Waals surface area contributed by atoms with Crippen LogP contribution < -0.4 is 0 Å². The fraction of sp³-hybridized carbons (Fsp3) is 0.500. The standard InChI is InChI=1S/C12H18O/c1-8(2)12-10(4)9(3)5-6-11(12)7-13/h5-6,8,13H,7H2,1-4H3. The van der Waals surface area contributed by atoms with Crippen molar-refractivity contribution in [1.29, 1.82) is 0 Å². The number of hydrogen-bond acceptors (Lipinski definition) is 1. The molecule has 0 saturated carbocycles. The minimum atomic E-state index is 0.147. The molecule has 1 heteroatoms. The molecular formula is C12H18O. The zero-order chi connectivity index (χ0) is 10.0. The van der Waals surface area contributed by atoms with Crippen LogP contribution in [0.2, 0.25) is 0 Å². The third kappa shape index (κ3) is 1.92. The van der Waals surface area contributed by atoms with E-state index in [0.717, 1.165) is 5.56 Å². The highest BCUT2D eigenvalue weighted by atomic mass is 16.3. The van der Waals surface area contributed by atoms with Crippen LogP contribution in [-0.2, 0) is 6.61 Å². The lowest BCUT2D eigenvalue weighted by Gasteiger charge is -2.16. The molecule has 1 rings (SSSR count). The van der Waals surface area contributed by atoms with Crippen LogP contribution in [0.5, 0.6) is 0 Å². The monoisotopic (exact) mass is 178 g/mol. The van der Waals surface area contributed by atoms with Gasteiger partial charge in [-0.3, -0.25) is 0 Å². The molecule has 0 fully saturated rings. The van der Waals surface area contributed by atoms with Gasteiger partial charge in [0.25, 0.3) is 0 Å². The summed E-state index contributed by atoms with van der Waals surface area (Å²) in [6.07, 6.45) is 0. The Hall–Kier alpha value is -0.820. The Morgan fingerprint density at radius 1 is 1.23 bits per heavy atom. The van der Waals surface area contributed by atoms with Crippen LogP contribution in [-0.4, -0.2) is 5.11 Å². The minimum Gasteiger partial charge on any atom is -0.392 e. The van der Waals surface area contributed by atoms with Gasteiger partial charge in [0.2, 0.25) is 0 Å². The van der Waals surface area contributed by atoms with Crippen LogP contribution in [0.3, 0.4) is 0 Å². The third-order valence-electron chi connectivity index (χ3n) is 2.62. The first kappa shape index (κ1) is 10.3. The van der Waals surface area contributed by atoms with E-state index in [-0.39, 0.29) is 6.61 Å². The van der Waals surface area contributed by atoms with Crippen molar-refractivity contribution in [2.75, 3.05) is 0 Å². The molecule has 1 aromatic carbocycles. The Kier molecular flexibility index (Phi) is 3.10. The Labute approximate surface area is 80.4 Å². The molecule has 0 amide bonds. The lowest BCUT2D eigenvalue weighted by molar-refractivity contribution is 0.280. The van der Waals surface area contributed by atoms with Gasteiger partial charge in [0, 0.05) is 0 Å². The molecule has 0 saturated heterocycles. The second kappa shape index (κ2) is 3.93. The number of rotatable bonds is 2. The Morgan fingerprint density at radius 2 is 1.85 bits per heavy atom. The molecule has 13 heavy (non-hydrogen) atoms. The first-order chi connectivity index (χ1) is 6.07. The average Bonchev–Trinajstić information content (AvgIpc) is 2.08. The van der Waals surface area contributed by atoms with Crippen LogP contribution in [0.1, 0.15) is 42.0 Å². The van der Waals surface area contributed by atoms with Crippen molar-refractivity contribution in [2.45, 2.75) is 40.2 Å². The van der Waals surface area contributed by atoms with Crippen molar-refractivity contribution in [1.82, 2.24) is 0 Å². The predicted octanol–water partition coefficient (Wildman–Crippen LogP) is 2.92. The SMILES string of the molecule is Cc1ccc(CO)c(C(C)C)c1C. The molecule has 72 valence electrons. The van der Waals surface area contributed by atoms with E-state index in [0.29, 0.717) is 5.92 Å². The summed E-state index contributed by atoms with van der Waals surface area (Å²) < 4.78 is 0. The number of hydrogen-bond donors (Lipinski definition) is 1. The summed E-state index contributed by atoms with van der Waals surface area (Å²) in [4.78, 5) is 0. The topological polar surface area (TPSA) is 20.2 Å². The molecule has 0 bridgehead atoms. The van der Waals surface area contributed by atoms with Crippen LogP contribution in [0.25, 0.3) is 0 Å². The van der Waals surface area contributed by atoms with E-state index in [2.05, 4.69) is 33.8 Å². The number of benzene rings is 1. The van der Waals surface area contributed by atoms with Gasteiger partial charge in [-0.1, -0.05) is 26.0 Å². The Balaban J connectivity index is 3.32. The molecule has 0 spiro atoms. The first-order valence-electron chi connectivity index (χ1n) is 4.77. The maximum atomic E-state index is 9.18. The molecule has 0 aromatic heterocycles. The van der Waals surface area contributed by atoms with E-state index in [4.69, 9.17) is 0 Å². The number of aliphatic hydroxyl groups is 1. The lowest BCUT2D eigenvalue weighted by Crippen LogP contribution is -2.01. The molecule has 1 N–H and O–H groups in total. The molecule has 1 nitrogen and oxygen atoms in total. The highest BCUT2D eigenvalue weighted by Crippen LogP contribution is 2.25. The van der Waals surface area contributed by atoms with Gasteiger partial charge in [0.1, 0.15) is 0 Å². The van der Waals surface area contributed by atoms with Crippen molar-refractivity contribution in [2.24, 2.45) is 0 Å². The molecule has 0 heterocycles. The molecule has 0 atom stereocenters. The van der Waals surface area contributed by atoms with Crippen molar-refractivity contribution >= 4 is 0 Å². The summed E-state index contributed by atoms with van der Waals surface area (Å²) in [5, 5.41) is 9.18. The second-order valence-electron chi connectivity index (χ2n) is 3.89. The van der Waals surface area contributed by atoms with E-state index >= 15 is 0 Å². The average molecular weight is 178 g/mol. The molecule has 0 aliphatic heterocycles. The summed E-state index contributed by atoms with van der Waals surface area (Å²) in [5.74, 6) is 0.488. The number of aryl methyl sites for hydroxylation is 1. The third-order valence-corrected chi connectivity index (χ3v) is 2.62. The van der Waals surface area contributed by atoms with Crippen LogP contribution >= 0.6 is 0 Å². The lowest BCUT2D eigenvalue weighted by atomic mass is 9.90. The molecule has 0 radical (unpaired) electrons. The second-order valence-corrected chi connectivity index (χ2v) is 3.89. The zero-order valence-corrected chi connectivity index (χ0v) is 8.89. The summed E-state index contributed by atoms with van der Waals surface area (Å²) in [7, 11) is 0. The van der Waals surface area contributed by atoms with E-state index in [1.807, 2.05) is 6.07 Å². The molecule has 0 aliphatic carbocycles. The van der Waals surface area contributed by atoms with Crippen molar-refractivity contribution in [3.63, 3.8) is 0 Å².